The fourth-order valence-electron chi connectivity index (χ4n) is 0.894. The van der Waals surface area contributed by atoms with E-state index < -0.39 is 0 Å². The Morgan fingerprint density at radius 2 is 1.69 bits per heavy atom. The monoisotopic (exact) mass is 306 g/mol. The molecule has 1 rings (SSSR count). The molecule has 1 aromatic carbocycles. The average Bonchev–Trinajstić information content (AvgIpc) is 1.94. The van der Waals surface area contributed by atoms with Crippen LogP contribution in [0.4, 0.5) is 0 Å². The molecular weight excluding hydrogens is 296 g/mol. The molecule has 1 nitrogen and oxygen atoms in total. The minimum absolute atomic E-state index is 0.146. The van der Waals surface area contributed by atoms with E-state index in [-0.39, 0.29) is 5.60 Å². The van der Waals surface area contributed by atoms with Gasteiger partial charge in [-0.1, -0.05) is 0 Å². The van der Waals surface area contributed by atoms with Crippen LogP contribution >= 0.6 is 31.9 Å². The maximum atomic E-state index is 5.69. The van der Waals surface area contributed by atoms with Gasteiger partial charge in [0.15, 0.2) is 0 Å². The van der Waals surface area contributed by atoms with Crippen LogP contribution in [0.15, 0.2) is 27.1 Å². The Labute approximate surface area is 95.7 Å². The van der Waals surface area contributed by atoms with Gasteiger partial charge in [0.05, 0.1) is 0 Å². The molecule has 0 N–H and O–H groups in total. The minimum atomic E-state index is -0.146. The van der Waals surface area contributed by atoms with Gasteiger partial charge in [-0.25, -0.2) is 0 Å². The maximum Gasteiger partial charge on any atom is 0.121 e. The summed E-state index contributed by atoms with van der Waals surface area (Å²) in [6, 6.07) is 5.86. The molecule has 0 atom stereocenters. The van der Waals surface area contributed by atoms with Crippen molar-refractivity contribution >= 4 is 31.9 Å². The molecule has 0 heterocycles. The number of halogens is 2. The highest BCUT2D eigenvalue weighted by Gasteiger charge is 2.11. The highest BCUT2D eigenvalue weighted by atomic mass is 79.9. The lowest BCUT2D eigenvalue weighted by atomic mass is 10.2. The van der Waals surface area contributed by atoms with Gasteiger partial charge in [-0.05, 0) is 70.8 Å². The first-order valence-corrected chi connectivity index (χ1v) is 5.61. The number of ether oxygens (including phenoxy) is 1. The van der Waals surface area contributed by atoms with E-state index in [0.29, 0.717) is 0 Å². The lowest BCUT2D eigenvalue weighted by Crippen LogP contribution is -2.22. The second-order valence-corrected chi connectivity index (χ2v) is 5.50. The number of rotatable bonds is 1. The van der Waals surface area contributed by atoms with E-state index in [2.05, 4.69) is 31.9 Å². The minimum Gasteiger partial charge on any atom is -0.488 e. The molecule has 0 aliphatic rings. The molecular formula is C10H12Br2O. The topological polar surface area (TPSA) is 9.23 Å². The van der Waals surface area contributed by atoms with E-state index in [1.807, 2.05) is 39.0 Å². The van der Waals surface area contributed by atoms with Crippen LogP contribution in [0.1, 0.15) is 20.8 Å². The molecule has 3 heteroatoms. The molecule has 0 saturated carbocycles. The second-order valence-electron chi connectivity index (χ2n) is 3.79. The third-order valence-corrected chi connectivity index (χ3v) is 3.19. The Morgan fingerprint density at radius 3 is 2.15 bits per heavy atom. The van der Waals surface area contributed by atoms with Crippen LogP contribution in [-0.4, -0.2) is 5.60 Å². The first kappa shape index (κ1) is 11.1. The Kier molecular flexibility index (Phi) is 3.41. The molecule has 0 radical (unpaired) electrons. The summed E-state index contributed by atoms with van der Waals surface area (Å²) in [6.07, 6.45) is 0. The molecule has 72 valence electrons. The van der Waals surface area contributed by atoms with E-state index >= 15 is 0 Å². The van der Waals surface area contributed by atoms with Gasteiger partial charge in [0.2, 0.25) is 0 Å². The zero-order valence-electron chi connectivity index (χ0n) is 7.90. The summed E-state index contributed by atoms with van der Waals surface area (Å²) in [6.45, 7) is 6.09. The molecule has 0 saturated heterocycles. The third kappa shape index (κ3) is 3.69. The van der Waals surface area contributed by atoms with Gasteiger partial charge in [-0.3, -0.25) is 0 Å². The van der Waals surface area contributed by atoms with Crippen LogP contribution < -0.4 is 4.74 Å². The molecule has 0 aromatic heterocycles. The number of benzene rings is 1. The van der Waals surface area contributed by atoms with Crippen molar-refractivity contribution < 1.29 is 4.74 Å². The summed E-state index contributed by atoms with van der Waals surface area (Å²) in [5.41, 5.74) is -0.146. The van der Waals surface area contributed by atoms with Crippen molar-refractivity contribution in [3.05, 3.63) is 27.1 Å². The zero-order chi connectivity index (χ0) is 10.1. The molecule has 13 heavy (non-hydrogen) atoms. The van der Waals surface area contributed by atoms with Crippen LogP contribution in [0.2, 0.25) is 0 Å². The smallest absolute Gasteiger partial charge is 0.121 e. The Bertz CT molecular complexity index is 302. The fourth-order valence-corrected chi connectivity index (χ4v) is 1.50. The van der Waals surface area contributed by atoms with Crippen LogP contribution in [0.3, 0.4) is 0 Å². The summed E-state index contributed by atoms with van der Waals surface area (Å²) in [5.74, 6) is 0.877. The van der Waals surface area contributed by atoms with Gasteiger partial charge in [-0.2, -0.15) is 0 Å². The van der Waals surface area contributed by atoms with Crippen molar-refractivity contribution in [1.29, 1.82) is 0 Å². The lowest BCUT2D eigenvalue weighted by molar-refractivity contribution is 0.131. The van der Waals surface area contributed by atoms with Crippen LogP contribution in [0, 0.1) is 0 Å². The van der Waals surface area contributed by atoms with Crippen molar-refractivity contribution in [2.24, 2.45) is 0 Å². The summed E-state index contributed by atoms with van der Waals surface area (Å²) in [5, 5.41) is 0. The predicted octanol–water partition coefficient (Wildman–Crippen LogP) is 4.39. The second kappa shape index (κ2) is 4.01. The van der Waals surface area contributed by atoms with Crippen molar-refractivity contribution in [3.8, 4) is 5.75 Å². The molecule has 0 fully saturated rings. The van der Waals surface area contributed by atoms with Crippen molar-refractivity contribution in [3.63, 3.8) is 0 Å². The third-order valence-electron chi connectivity index (χ3n) is 1.32. The van der Waals surface area contributed by atoms with Crippen molar-refractivity contribution in [2.75, 3.05) is 0 Å². The normalized spacial score (nSPS) is 11.5. The van der Waals surface area contributed by atoms with Crippen molar-refractivity contribution in [1.82, 2.24) is 0 Å². The summed E-state index contributed by atoms with van der Waals surface area (Å²) in [4.78, 5) is 0. The molecule has 0 amide bonds. The summed E-state index contributed by atoms with van der Waals surface area (Å²) >= 11 is 6.83. The van der Waals surface area contributed by atoms with Gasteiger partial charge in [0.25, 0.3) is 0 Å². The van der Waals surface area contributed by atoms with Gasteiger partial charge in [-0.15, -0.1) is 0 Å². The molecule has 0 aliphatic heterocycles. The highest BCUT2D eigenvalue weighted by molar-refractivity contribution is 9.13. The van der Waals surface area contributed by atoms with Crippen LogP contribution in [0.25, 0.3) is 0 Å². The largest absolute Gasteiger partial charge is 0.488 e. The first-order chi connectivity index (χ1) is 5.88. The molecule has 0 unspecified atom stereocenters. The molecule has 0 spiro atoms. The van der Waals surface area contributed by atoms with E-state index in [1.165, 1.54) is 0 Å². The molecule has 0 aliphatic carbocycles. The molecule has 1 aromatic rings. The van der Waals surface area contributed by atoms with Crippen LogP contribution in [-0.2, 0) is 0 Å². The summed E-state index contributed by atoms with van der Waals surface area (Å²) < 4.78 is 7.73. The van der Waals surface area contributed by atoms with Gasteiger partial charge in [0, 0.05) is 8.95 Å². The standard InChI is InChI=1S/C10H12Br2O/c1-10(2,3)13-7-4-5-8(11)9(12)6-7/h4-6H,1-3H3. The number of hydrogen-bond acceptors (Lipinski definition) is 1. The highest BCUT2D eigenvalue weighted by Crippen LogP contribution is 2.28. The Hall–Kier alpha value is -0.0200. The zero-order valence-corrected chi connectivity index (χ0v) is 11.1. The Balaban J connectivity index is 2.86. The van der Waals surface area contributed by atoms with E-state index in [4.69, 9.17) is 4.74 Å². The first-order valence-electron chi connectivity index (χ1n) is 4.02. The van der Waals surface area contributed by atoms with E-state index in [0.717, 1.165) is 14.7 Å². The quantitative estimate of drug-likeness (QED) is 0.748. The number of hydrogen-bond donors (Lipinski definition) is 0. The van der Waals surface area contributed by atoms with E-state index in [9.17, 15) is 0 Å². The maximum absolute atomic E-state index is 5.69. The van der Waals surface area contributed by atoms with Crippen LogP contribution in [0.5, 0.6) is 5.75 Å². The predicted molar refractivity (Wildman–Crippen MR) is 62.2 cm³/mol. The van der Waals surface area contributed by atoms with Gasteiger partial charge in [0.1, 0.15) is 11.4 Å². The van der Waals surface area contributed by atoms with E-state index in [1.54, 1.807) is 0 Å². The Morgan fingerprint density at radius 1 is 1.08 bits per heavy atom. The average molecular weight is 308 g/mol. The van der Waals surface area contributed by atoms with Gasteiger partial charge < -0.3 is 4.74 Å². The SMILES string of the molecule is CC(C)(C)Oc1ccc(Br)c(Br)c1. The molecule has 0 bridgehead atoms. The summed E-state index contributed by atoms with van der Waals surface area (Å²) in [7, 11) is 0. The van der Waals surface area contributed by atoms with Crippen molar-refractivity contribution in [2.45, 2.75) is 26.4 Å². The lowest BCUT2D eigenvalue weighted by Gasteiger charge is -2.21. The fraction of sp³-hybridized carbons (Fsp3) is 0.400. The van der Waals surface area contributed by atoms with Gasteiger partial charge >= 0.3 is 0 Å².